The van der Waals surface area contributed by atoms with Crippen molar-refractivity contribution in [2.24, 2.45) is 4.99 Å². The van der Waals surface area contributed by atoms with E-state index < -0.39 is 0 Å². The molecule has 128 valence electrons. The number of nitrogens with zero attached hydrogens (tertiary/aromatic N) is 4. The molecule has 2 heterocycles. The van der Waals surface area contributed by atoms with E-state index in [9.17, 15) is 0 Å². The van der Waals surface area contributed by atoms with Gasteiger partial charge in [0.2, 0.25) is 0 Å². The first-order valence-corrected chi connectivity index (χ1v) is 8.59. The number of hydrogen-bond acceptors (Lipinski definition) is 4. The van der Waals surface area contributed by atoms with Crippen LogP contribution in [0.1, 0.15) is 38.1 Å². The molecule has 0 fully saturated rings. The molecule has 2 rings (SSSR count). The molecule has 0 aromatic carbocycles. The standard InChI is InChI=1S/C15H24N6S.HI/c1-4-16-15(17-8-12(3)13-6-7-22-10-13)18-9-14-20-19-11-21(14)5-2;/h6-7,10-12H,4-5,8-9H2,1-3H3,(H2,16,17,18);1H. The van der Waals surface area contributed by atoms with Crippen molar-refractivity contribution < 1.29 is 0 Å². The van der Waals surface area contributed by atoms with E-state index >= 15 is 0 Å². The Bertz CT molecular complexity index is 581. The van der Waals surface area contributed by atoms with Crippen molar-refractivity contribution in [3.05, 3.63) is 34.5 Å². The molecule has 0 bridgehead atoms. The first-order valence-electron chi connectivity index (χ1n) is 7.65. The van der Waals surface area contributed by atoms with Gasteiger partial charge in [0.1, 0.15) is 12.9 Å². The van der Waals surface area contributed by atoms with Crippen molar-refractivity contribution in [3.63, 3.8) is 0 Å². The molecule has 1 atom stereocenters. The lowest BCUT2D eigenvalue weighted by Gasteiger charge is -2.15. The molecule has 0 aliphatic carbocycles. The van der Waals surface area contributed by atoms with Crippen LogP contribution in [0, 0.1) is 0 Å². The number of guanidine groups is 1. The van der Waals surface area contributed by atoms with Crippen molar-refractivity contribution in [2.45, 2.75) is 39.8 Å². The number of thiophene rings is 1. The predicted molar refractivity (Wildman–Crippen MR) is 107 cm³/mol. The highest BCUT2D eigenvalue weighted by Gasteiger charge is 2.07. The highest BCUT2D eigenvalue weighted by molar-refractivity contribution is 14.0. The van der Waals surface area contributed by atoms with Gasteiger partial charge in [-0.2, -0.15) is 11.3 Å². The van der Waals surface area contributed by atoms with Crippen LogP contribution in [0.5, 0.6) is 0 Å². The zero-order valence-corrected chi connectivity index (χ0v) is 17.0. The van der Waals surface area contributed by atoms with Crippen LogP contribution in [0.4, 0.5) is 0 Å². The van der Waals surface area contributed by atoms with Gasteiger partial charge in [0, 0.05) is 19.6 Å². The maximum absolute atomic E-state index is 4.59. The Morgan fingerprint density at radius 2 is 2.22 bits per heavy atom. The minimum absolute atomic E-state index is 0. The Morgan fingerprint density at radius 3 is 2.87 bits per heavy atom. The van der Waals surface area contributed by atoms with E-state index in [1.54, 1.807) is 17.7 Å². The van der Waals surface area contributed by atoms with Gasteiger partial charge in [0.05, 0.1) is 0 Å². The summed E-state index contributed by atoms with van der Waals surface area (Å²) < 4.78 is 2.00. The molecule has 0 saturated heterocycles. The summed E-state index contributed by atoms with van der Waals surface area (Å²) in [4.78, 5) is 4.59. The van der Waals surface area contributed by atoms with Crippen molar-refractivity contribution in [2.75, 3.05) is 13.1 Å². The quantitative estimate of drug-likeness (QED) is 0.389. The minimum atomic E-state index is 0. The average Bonchev–Trinajstić information content (AvgIpc) is 3.20. The van der Waals surface area contributed by atoms with Gasteiger partial charge in [-0.3, -0.25) is 0 Å². The third kappa shape index (κ3) is 6.09. The Hall–Kier alpha value is -1.16. The summed E-state index contributed by atoms with van der Waals surface area (Å²) in [5.74, 6) is 2.15. The monoisotopic (exact) mass is 448 g/mol. The van der Waals surface area contributed by atoms with Gasteiger partial charge in [-0.1, -0.05) is 6.92 Å². The molecular formula is C15H25IN6S. The number of hydrogen-bond donors (Lipinski definition) is 2. The molecule has 2 N–H and O–H groups in total. The fourth-order valence-electron chi connectivity index (χ4n) is 2.08. The largest absolute Gasteiger partial charge is 0.357 e. The van der Waals surface area contributed by atoms with Crippen molar-refractivity contribution >= 4 is 41.3 Å². The van der Waals surface area contributed by atoms with Gasteiger partial charge in [-0.15, -0.1) is 34.2 Å². The van der Waals surface area contributed by atoms with Crippen LogP contribution in [-0.2, 0) is 13.1 Å². The lowest BCUT2D eigenvalue weighted by Crippen LogP contribution is -2.39. The first-order chi connectivity index (χ1) is 10.7. The highest BCUT2D eigenvalue weighted by Crippen LogP contribution is 2.16. The van der Waals surface area contributed by atoms with Crippen molar-refractivity contribution in [1.82, 2.24) is 25.4 Å². The van der Waals surface area contributed by atoms with Gasteiger partial charge in [0.25, 0.3) is 0 Å². The smallest absolute Gasteiger partial charge is 0.191 e. The van der Waals surface area contributed by atoms with E-state index in [1.807, 2.05) is 4.57 Å². The highest BCUT2D eigenvalue weighted by atomic mass is 127. The van der Waals surface area contributed by atoms with Gasteiger partial charge in [-0.25, -0.2) is 4.99 Å². The molecule has 6 nitrogen and oxygen atoms in total. The summed E-state index contributed by atoms with van der Waals surface area (Å²) in [5, 5.41) is 19.0. The maximum Gasteiger partial charge on any atom is 0.191 e. The van der Waals surface area contributed by atoms with E-state index in [2.05, 4.69) is 63.4 Å². The van der Waals surface area contributed by atoms with Crippen LogP contribution >= 0.6 is 35.3 Å². The summed E-state index contributed by atoms with van der Waals surface area (Å²) >= 11 is 1.73. The number of nitrogens with one attached hydrogen (secondary N) is 2. The predicted octanol–water partition coefficient (Wildman–Crippen LogP) is 2.84. The number of aryl methyl sites for hydroxylation is 1. The van der Waals surface area contributed by atoms with E-state index in [0.29, 0.717) is 12.5 Å². The summed E-state index contributed by atoms with van der Waals surface area (Å²) in [6.07, 6.45) is 1.74. The van der Waals surface area contributed by atoms with E-state index in [0.717, 1.165) is 31.4 Å². The zero-order valence-electron chi connectivity index (χ0n) is 13.8. The maximum atomic E-state index is 4.59. The van der Waals surface area contributed by atoms with Crippen molar-refractivity contribution in [1.29, 1.82) is 0 Å². The van der Waals surface area contributed by atoms with Crippen molar-refractivity contribution in [3.8, 4) is 0 Å². The lowest BCUT2D eigenvalue weighted by molar-refractivity contribution is 0.682. The number of halogens is 1. The van der Waals surface area contributed by atoms with E-state index in [4.69, 9.17) is 0 Å². The van der Waals surface area contributed by atoms with Crippen LogP contribution in [0.2, 0.25) is 0 Å². The van der Waals surface area contributed by atoms with Crippen LogP contribution in [-0.4, -0.2) is 33.8 Å². The molecule has 0 spiro atoms. The first kappa shape index (κ1) is 19.9. The number of aliphatic imine (C=N–C) groups is 1. The van der Waals surface area contributed by atoms with E-state index in [-0.39, 0.29) is 24.0 Å². The summed E-state index contributed by atoms with van der Waals surface area (Å²) in [7, 11) is 0. The molecule has 23 heavy (non-hydrogen) atoms. The number of rotatable bonds is 7. The molecule has 8 heteroatoms. The molecule has 2 aromatic rings. The third-order valence-corrected chi connectivity index (χ3v) is 4.15. The zero-order chi connectivity index (χ0) is 15.8. The summed E-state index contributed by atoms with van der Waals surface area (Å²) in [5.41, 5.74) is 1.36. The van der Waals surface area contributed by atoms with Crippen LogP contribution in [0.25, 0.3) is 0 Å². The Kier molecular flexibility index (Phi) is 9.15. The Morgan fingerprint density at radius 1 is 1.39 bits per heavy atom. The SMILES string of the molecule is CCNC(=NCc1nncn1CC)NCC(C)c1ccsc1.I. The molecule has 0 radical (unpaired) electrons. The van der Waals surface area contributed by atoms with Crippen LogP contribution < -0.4 is 10.6 Å². The molecule has 1 unspecified atom stereocenters. The normalized spacial score (nSPS) is 12.6. The molecule has 2 aromatic heterocycles. The molecule has 0 saturated carbocycles. The second-order valence-electron chi connectivity index (χ2n) is 5.07. The fraction of sp³-hybridized carbons (Fsp3) is 0.533. The van der Waals surface area contributed by atoms with Gasteiger partial charge >= 0.3 is 0 Å². The molecular weight excluding hydrogens is 423 g/mol. The van der Waals surface area contributed by atoms with Gasteiger partial charge in [0.15, 0.2) is 11.8 Å². The Balaban J connectivity index is 0.00000264. The van der Waals surface area contributed by atoms with E-state index in [1.165, 1.54) is 5.56 Å². The second-order valence-corrected chi connectivity index (χ2v) is 5.85. The summed E-state index contributed by atoms with van der Waals surface area (Å²) in [6.45, 7) is 9.41. The van der Waals surface area contributed by atoms with Crippen LogP contribution in [0.15, 0.2) is 28.1 Å². The fourth-order valence-corrected chi connectivity index (χ4v) is 2.86. The average molecular weight is 448 g/mol. The van der Waals surface area contributed by atoms with Gasteiger partial charge in [-0.05, 0) is 42.2 Å². The number of aromatic nitrogens is 3. The molecule has 0 aliphatic rings. The van der Waals surface area contributed by atoms with Gasteiger partial charge < -0.3 is 15.2 Å². The second kappa shape index (κ2) is 10.6. The molecule has 0 amide bonds. The molecule has 0 aliphatic heterocycles. The minimum Gasteiger partial charge on any atom is -0.357 e. The summed E-state index contributed by atoms with van der Waals surface area (Å²) in [6, 6.07) is 2.17. The third-order valence-electron chi connectivity index (χ3n) is 3.45. The van der Waals surface area contributed by atoms with Crippen LogP contribution in [0.3, 0.4) is 0 Å². The lowest BCUT2D eigenvalue weighted by atomic mass is 10.1. The topological polar surface area (TPSA) is 67.1 Å². The Labute approximate surface area is 158 Å².